The van der Waals surface area contributed by atoms with Gasteiger partial charge in [-0.1, -0.05) is 22.9 Å². The van der Waals surface area contributed by atoms with Gasteiger partial charge in [-0.3, -0.25) is 0 Å². The van der Waals surface area contributed by atoms with Crippen molar-refractivity contribution < 1.29 is 13.2 Å². The summed E-state index contributed by atoms with van der Waals surface area (Å²) in [5.41, 5.74) is 1.70. The molecule has 0 bridgehead atoms. The number of thiazole rings is 1. The van der Waals surface area contributed by atoms with Gasteiger partial charge in [0.1, 0.15) is 10.2 Å². The lowest BCUT2D eigenvalue weighted by atomic mass is 10.2. The summed E-state index contributed by atoms with van der Waals surface area (Å²) < 4.78 is 37.8. The topological polar surface area (TPSA) is 50.7 Å². The molecule has 0 aliphatic carbocycles. The number of aryl methyl sites for hydroxylation is 1. The van der Waals surface area contributed by atoms with Gasteiger partial charge in [-0.25, -0.2) is 15.0 Å². The minimum absolute atomic E-state index is 0.286. The number of alkyl halides is 3. The van der Waals surface area contributed by atoms with Crippen LogP contribution in [-0.4, -0.2) is 15.0 Å². The Morgan fingerprint density at radius 1 is 1.23 bits per heavy atom. The highest BCUT2D eigenvalue weighted by molar-refractivity contribution is 7.15. The van der Waals surface area contributed by atoms with Gasteiger partial charge in [-0.2, -0.15) is 13.2 Å². The molecule has 9 heteroatoms. The van der Waals surface area contributed by atoms with E-state index in [1.165, 1.54) is 0 Å². The third kappa shape index (κ3) is 2.97. The number of hydrogen-bond acceptors (Lipinski definition) is 5. The normalized spacial score (nSPS) is 11.9. The van der Waals surface area contributed by atoms with Crippen molar-refractivity contribution in [3.63, 3.8) is 0 Å². The summed E-state index contributed by atoms with van der Waals surface area (Å²) in [6, 6.07) is 5.04. The summed E-state index contributed by atoms with van der Waals surface area (Å²) in [5, 5.41) is 3.29. The molecule has 0 aliphatic heterocycles. The number of rotatable bonds is 2. The maximum atomic E-state index is 12.6. The van der Waals surface area contributed by atoms with Crippen LogP contribution < -0.4 is 5.32 Å². The van der Waals surface area contributed by atoms with E-state index < -0.39 is 11.2 Å². The Morgan fingerprint density at radius 3 is 2.68 bits per heavy atom. The zero-order valence-corrected chi connectivity index (χ0v) is 12.6. The van der Waals surface area contributed by atoms with E-state index in [0.29, 0.717) is 38.9 Å². The van der Waals surface area contributed by atoms with Crippen LogP contribution in [-0.2, 0) is 6.18 Å². The van der Waals surface area contributed by atoms with Crippen LogP contribution in [0.15, 0.2) is 24.4 Å². The highest BCUT2D eigenvalue weighted by Gasteiger charge is 2.34. The van der Waals surface area contributed by atoms with Gasteiger partial charge in [0.25, 0.3) is 0 Å². The predicted molar refractivity (Wildman–Crippen MR) is 79.7 cm³/mol. The number of aromatic nitrogens is 3. The zero-order chi connectivity index (χ0) is 15.9. The molecule has 3 aromatic heterocycles. The maximum Gasteiger partial charge on any atom is 0.443 e. The number of hydrogen-bond donors (Lipinski definition) is 1. The van der Waals surface area contributed by atoms with E-state index in [1.807, 2.05) is 0 Å². The Morgan fingerprint density at radius 2 is 2.00 bits per heavy atom. The highest BCUT2D eigenvalue weighted by atomic mass is 35.5. The minimum Gasteiger partial charge on any atom is -0.345 e. The molecule has 0 aliphatic rings. The Kier molecular flexibility index (Phi) is 3.65. The number of nitrogens with one attached hydrogen (secondary N) is 1. The van der Waals surface area contributed by atoms with Crippen molar-refractivity contribution in [3.05, 3.63) is 40.3 Å². The quantitative estimate of drug-likeness (QED) is 0.678. The molecule has 0 atom stereocenters. The zero-order valence-electron chi connectivity index (χ0n) is 11.1. The van der Waals surface area contributed by atoms with Gasteiger partial charge in [0.05, 0.1) is 11.9 Å². The van der Waals surface area contributed by atoms with Gasteiger partial charge < -0.3 is 5.32 Å². The van der Waals surface area contributed by atoms with Crippen LogP contribution >= 0.6 is 22.9 Å². The number of anilines is 2. The van der Waals surface area contributed by atoms with Crippen LogP contribution in [0.4, 0.5) is 23.9 Å². The molecular weight excluding hydrogens is 337 g/mol. The number of nitrogens with zero attached hydrogens (tertiary/aromatic N) is 3. The molecule has 0 fully saturated rings. The van der Waals surface area contributed by atoms with E-state index in [1.54, 1.807) is 25.1 Å². The average molecular weight is 345 g/mol. The highest BCUT2D eigenvalue weighted by Crippen LogP contribution is 2.36. The lowest BCUT2D eigenvalue weighted by Gasteiger charge is -2.08. The predicted octanol–water partition coefficient (Wildman–Crippen LogP) is 4.81. The first-order chi connectivity index (χ1) is 10.3. The summed E-state index contributed by atoms with van der Waals surface area (Å²) in [6.45, 7) is 1.76. The van der Waals surface area contributed by atoms with Crippen LogP contribution in [0, 0.1) is 6.92 Å². The lowest BCUT2D eigenvalue weighted by Crippen LogP contribution is -2.02. The molecule has 3 rings (SSSR count). The SMILES string of the molecule is Cc1cc(Nc2cnc(C(F)(F)F)s2)c2ccc(Cl)nc2n1. The Labute approximate surface area is 132 Å². The molecule has 0 unspecified atom stereocenters. The molecule has 0 saturated heterocycles. The van der Waals surface area contributed by atoms with Crippen LogP contribution in [0.25, 0.3) is 11.0 Å². The molecule has 3 aromatic rings. The van der Waals surface area contributed by atoms with Gasteiger partial charge in [-0.05, 0) is 25.1 Å². The molecular formula is C13H8ClF3N4S. The number of fused-ring (bicyclic) bond motifs is 1. The maximum absolute atomic E-state index is 12.6. The molecule has 3 heterocycles. The second-order valence-electron chi connectivity index (χ2n) is 4.47. The largest absolute Gasteiger partial charge is 0.443 e. The standard InChI is InChI=1S/C13H8ClF3N4S/c1-6-4-8(7-2-3-9(14)21-11(7)19-6)20-10-5-18-12(22-10)13(15,16)17/h2-5H,1H3,(H,19,20,21). The van der Waals surface area contributed by atoms with Gasteiger partial charge in [0.2, 0.25) is 0 Å². The monoisotopic (exact) mass is 344 g/mol. The summed E-state index contributed by atoms with van der Waals surface area (Å²) in [6.07, 6.45) is -3.30. The lowest BCUT2D eigenvalue weighted by molar-refractivity contribution is -0.137. The third-order valence-corrected chi connectivity index (χ3v) is 3.94. The van der Waals surface area contributed by atoms with Crippen LogP contribution in [0.2, 0.25) is 5.15 Å². The number of halogens is 4. The first kappa shape index (κ1) is 15.0. The smallest absolute Gasteiger partial charge is 0.345 e. The summed E-state index contributed by atoms with van der Waals surface area (Å²) >= 11 is 6.37. The van der Waals surface area contributed by atoms with Gasteiger partial charge in [-0.15, -0.1) is 0 Å². The van der Waals surface area contributed by atoms with E-state index in [9.17, 15) is 13.2 Å². The Hall–Kier alpha value is -1.93. The molecule has 0 spiro atoms. The van der Waals surface area contributed by atoms with E-state index in [-0.39, 0.29) is 5.00 Å². The fraction of sp³-hybridized carbons (Fsp3) is 0.154. The van der Waals surface area contributed by atoms with Crippen LogP contribution in [0.3, 0.4) is 0 Å². The van der Waals surface area contributed by atoms with E-state index in [2.05, 4.69) is 20.3 Å². The molecule has 0 saturated carbocycles. The third-order valence-electron chi connectivity index (χ3n) is 2.77. The van der Waals surface area contributed by atoms with E-state index in [0.717, 1.165) is 6.20 Å². The molecule has 0 radical (unpaired) electrons. The van der Waals surface area contributed by atoms with Crippen molar-refractivity contribution in [2.75, 3.05) is 5.32 Å². The van der Waals surface area contributed by atoms with E-state index >= 15 is 0 Å². The fourth-order valence-corrected chi connectivity index (χ4v) is 2.74. The second-order valence-corrected chi connectivity index (χ2v) is 5.89. The van der Waals surface area contributed by atoms with Crippen molar-refractivity contribution >= 4 is 44.7 Å². The fourth-order valence-electron chi connectivity index (χ4n) is 1.91. The van der Waals surface area contributed by atoms with Crippen molar-refractivity contribution in [2.24, 2.45) is 0 Å². The van der Waals surface area contributed by atoms with Gasteiger partial charge >= 0.3 is 6.18 Å². The Bertz CT molecular complexity index is 842. The van der Waals surface area contributed by atoms with Crippen molar-refractivity contribution in [1.82, 2.24) is 15.0 Å². The molecule has 0 aromatic carbocycles. The van der Waals surface area contributed by atoms with Crippen molar-refractivity contribution in [2.45, 2.75) is 13.1 Å². The molecule has 114 valence electrons. The first-order valence-corrected chi connectivity index (χ1v) is 7.26. The Balaban J connectivity index is 2.02. The van der Waals surface area contributed by atoms with Gasteiger partial charge in [0.15, 0.2) is 10.7 Å². The summed E-state index contributed by atoms with van der Waals surface area (Å²) in [5.74, 6) is 0. The molecule has 4 nitrogen and oxygen atoms in total. The molecule has 22 heavy (non-hydrogen) atoms. The van der Waals surface area contributed by atoms with E-state index in [4.69, 9.17) is 11.6 Å². The number of pyridine rings is 2. The summed E-state index contributed by atoms with van der Waals surface area (Å²) in [4.78, 5) is 11.7. The van der Waals surface area contributed by atoms with Crippen LogP contribution in [0.1, 0.15) is 10.7 Å². The second kappa shape index (κ2) is 5.36. The first-order valence-electron chi connectivity index (χ1n) is 6.07. The van der Waals surface area contributed by atoms with Gasteiger partial charge in [0, 0.05) is 11.1 Å². The van der Waals surface area contributed by atoms with Crippen LogP contribution in [0.5, 0.6) is 0 Å². The summed E-state index contributed by atoms with van der Waals surface area (Å²) in [7, 11) is 0. The average Bonchev–Trinajstić information content (AvgIpc) is 2.86. The molecule has 0 amide bonds. The van der Waals surface area contributed by atoms with Crippen molar-refractivity contribution in [1.29, 1.82) is 0 Å². The van der Waals surface area contributed by atoms with Crippen molar-refractivity contribution in [3.8, 4) is 0 Å². The minimum atomic E-state index is -4.45. The molecule has 1 N–H and O–H groups in total.